The topological polar surface area (TPSA) is 73.1 Å². The molecule has 0 spiro atoms. The molecule has 2 rings (SSSR count). The summed E-state index contributed by atoms with van der Waals surface area (Å²) in [7, 11) is 1.61. The Balaban J connectivity index is 2.08. The molecular formula is C14H18N4O. The highest BCUT2D eigenvalue weighted by Crippen LogP contribution is 2.22. The molecule has 0 aliphatic carbocycles. The van der Waals surface area contributed by atoms with E-state index in [4.69, 9.17) is 10.5 Å². The molecule has 0 radical (unpaired) electrons. The molecule has 0 saturated carbocycles. The predicted octanol–water partition coefficient (Wildman–Crippen LogP) is 2.30. The Kier molecular flexibility index (Phi) is 3.85. The van der Waals surface area contributed by atoms with Gasteiger partial charge in [0, 0.05) is 18.3 Å². The third-order valence-corrected chi connectivity index (χ3v) is 2.73. The van der Waals surface area contributed by atoms with E-state index in [0.717, 1.165) is 22.9 Å². The van der Waals surface area contributed by atoms with Crippen LogP contribution in [0.5, 0.6) is 5.75 Å². The van der Waals surface area contributed by atoms with Crippen molar-refractivity contribution in [3.8, 4) is 5.75 Å². The quantitative estimate of drug-likeness (QED) is 0.823. The van der Waals surface area contributed by atoms with Crippen LogP contribution in [-0.2, 0) is 6.54 Å². The van der Waals surface area contributed by atoms with Gasteiger partial charge in [-0.1, -0.05) is 6.07 Å². The van der Waals surface area contributed by atoms with Gasteiger partial charge < -0.3 is 15.8 Å². The molecule has 0 bridgehead atoms. The zero-order valence-corrected chi connectivity index (χ0v) is 11.4. The number of nitrogen functional groups attached to an aromatic ring is 1. The van der Waals surface area contributed by atoms with Crippen molar-refractivity contribution in [3.05, 3.63) is 41.3 Å². The van der Waals surface area contributed by atoms with Crippen molar-refractivity contribution < 1.29 is 4.74 Å². The van der Waals surface area contributed by atoms with Crippen LogP contribution in [0.1, 0.15) is 17.1 Å². The predicted molar refractivity (Wildman–Crippen MR) is 76.2 cm³/mol. The summed E-state index contributed by atoms with van der Waals surface area (Å²) in [6.07, 6.45) is 0. The molecule has 1 aromatic carbocycles. The largest absolute Gasteiger partial charge is 0.495 e. The number of aromatic nitrogens is 2. The molecule has 1 aromatic heterocycles. The van der Waals surface area contributed by atoms with Crippen LogP contribution in [0.4, 0.5) is 11.5 Å². The molecule has 5 nitrogen and oxygen atoms in total. The maximum atomic E-state index is 5.87. The van der Waals surface area contributed by atoms with E-state index in [-0.39, 0.29) is 0 Å². The molecule has 0 saturated heterocycles. The lowest BCUT2D eigenvalue weighted by atomic mass is 10.2. The van der Waals surface area contributed by atoms with E-state index in [1.165, 1.54) is 0 Å². The fraction of sp³-hybridized carbons (Fsp3) is 0.286. The number of benzene rings is 1. The number of rotatable bonds is 4. The smallest absolute Gasteiger partial charge is 0.141 e. The molecule has 100 valence electrons. The second-order valence-corrected chi connectivity index (χ2v) is 4.37. The number of nitrogens with zero attached hydrogens (tertiary/aromatic N) is 2. The zero-order chi connectivity index (χ0) is 13.8. The Morgan fingerprint density at radius 1 is 1.21 bits per heavy atom. The van der Waals surface area contributed by atoms with Crippen LogP contribution in [0.25, 0.3) is 0 Å². The number of methoxy groups -OCH3 is 1. The van der Waals surface area contributed by atoms with Crippen LogP contribution in [-0.4, -0.2) is 17.1 Å². The molecule has 0 amide bonds. The van der Waals surface area contributed by atoms with E-state index in [1.807, 2.05) is 38.1 Å². The highest BCUT2D eigenvalue weighted by molar-refractivity contribution is 5.54. The lowest BCUT2D eigenvalue weighted by Gasteiger charge is -2.09. The van der Waals surface area contributed by atoms with Crippen molar-refractivity contribution in [2.45, 2.75) is 20.4 Å². The SMILES string of the molecule is COc1ccc(CNc2cc(C)nc(C)n2)cc1N. The molecule has 0 aliphatic heterocycles. The average Bonchev–Trinajstić information content (AvgIpc) is 2.35. The third-order valence-electron chi connectivity index (χ3n) is 2.73. The van der Waals surface area contributed by atoms with Crippen LogP contribution < -0.4 is 15.8 Å². The Bertz CT molecular complexity index is 563. The molecule has 0 fully saturated rings. The summed E-state index contributed by atoms with van der Waals surface area (Å²) < 4.78 is 5.13. The number of nitrogens with one attached hydrogen (secondary N) is 1. The van der Waals surface area contributed by atoms with Gasteiger partial charge in [0.05, 0.1) is 12.8 Å². The summed E-state index contributed by atoms with van der Waals surface area (Å²) in [5.41, 5.74) is 8.53. The highest BCUT2D eigenvalue weighted by atomic mass is 16.5. The van der Waals surface area contributed by atoms with Crippen molar-refractivity contribution in [2.24, 2.45) is 0 Å². The normalized spacial score (nSPS) is 10.3. The minimum Gasteiger partial charge on any atom is -0.495 e. The molecule has 1 heterocycles. The maximum absolute atomic E-state index is 5.87. The fourth-order valence-electron chi connectivity index (χ4n) is 1.89. The van der Waals surface area contributed by atoms with Crippen molar-refractivity contribution >= 4 is 11.5 Å². The lowest BCUT2D eigenvalue weighted by Crippen LogP contribution is -2.04. The number of nitrogens with two attached hydrogens (primary N) is 1. The lowest BCUT2D eigenvalue weighted by molar-refractivity contribution is 0.417. The van der Waals surface area contributed by atoms with E-state index in [9.17, 15) is 0 Å². The van der Waals surface area contributed by atoms with E-state index in [0.29, 0.717) is 18.0 Å². The molecule has 3 N–H and O–H groups in total. The minimum absolute atomic E-state index is 0.636. The first-order chi connectivity index (χ1) is 9.08. The zero-order valence-electron chi connectivity index (χ0n) is 11.4. The first-order valence-corrected chi connectivity index (χ1v) is 6.07. The van der Waals surface area contributed by atoms with Gasteiger partial charge in [-0.3, -0.25) is 0 Å². The second-order valence-electron chi connectivity index (χ2n) is 4.37. The van der Waals surface area contributed by atoms with Gasteiger partial charge in [-0.2, -0.15) is 0 Å². The van der Waals surface area contributed by atoms with Crippen molar-refractivity contribution in [1.29, 1.82) is 0 Å². The monoisotopic (exact) mass is 258 g/mol. The maximum Gasteiger partial charge on any atom is 0.141 e. The molecular weight excluding hydrogens is 240 g/mol. The third kappa shape index (κ3) is 3.34. The van der Waals surface area contributed by atoms with Crippen LogP contribution in [0.15, 0.2) is 24.3 Å². The number of hydrogen-bond donors (Lipinski definition) is 2. The van der Waals surface area contributed by atoms with Crippen molar-refractivity contribution in [2.75, 3.05) is 18.2 Å². The van der Waals surface area contributed by atoms with Gasteiger partial charge >= 0.3 is 0 Å². The minimum atomic E-state index is 0.636. The van der Waals surface area contributed by atoms with Gasteiger partial charge in [0.1, 0.15) is 17.4 Å². The summed E-state index contributed by atoms with van der Waals surface area (Å²) in [6, 6.07) is 7.65. The Labute approximate surface area is 112 Å². The van der Waals surface area contributed by atoms with Crippen LogP contribution in [0, 0.1) is 13.8 Å². The van der Waals surface area contributed by atoms with Crippen LogP contribution in [0.3, 0.4) is 0 Å². The van der Waals surface area contributed by atoms with E-state index in [2.05, 4.69) is 15.3 Å². The van der Waals surface area contributed by atoms with Crippen molar-refractivity contribution in [1.82, 2.24) is 9.97 Å². The van der Waals surface area contributed by atoms with Gasteiger partial charge in [0.2, 0.25) is 0 Å². The van der Waals surface area contributed by atoms with Gasteiger partial charge in [-0.05, 0) is 31.5 Å². The standard InChI is InChI=1S/C14H18N4O/c1-9-6-14(18-10(2)17-9)16-8-11-4-5-13(19-3)12(15)7-11/h4-7H,8,15H2,1-3H3,(H,16,17,18). The van der Waals surface area contributed by atoms with Gasteiger partial charge in [-0.25, -0.2) is 9.97 Å². The van der Waals surface area contributed by atoms with Gasteiger partial charge in [0.15, 0.2) is 0 Å². The molecule has 0 unspecified atom stereocenters. The molecule has 0 aliphatic rings. The summed E-state index contributed by atoms with van der Waals surface area (Å²) >= 11 is 0. The van der Waals surface area contributed by atoms with E-state index in [1.54, 1.807) is 7.11 Å². The molecule has 5 heteroatoms. The number of aryl methyl sites for hydroxylation is 2. The summed E-state index contributed by atoms with van der Waals surface area (Å²) in [6.45, 7) is 4.48. The summed E-state index contributed by atoms with van der Waals surface area (Å²) in [5, 5.41) is 3.26. The Morgan fingerprint density at radius 3 is 2.63 bits per heavy atom. The first kappa shape index (κ1) is 13.1. The Morgan fingerprint density at radius 2 is 2.00 bits per heavy atom. The number of anilines is 2. The average molecular weight is 258 g/mol. The number of hydrogen-bond acceptors (Lipinski definition) is 5. The molecule has 19 heavy (non-hydrogen) atoms. The van der Waals surface area contributed by atoms with Crippen LogP contribution >= 0.6 is 0 Å². The highest BCUT2D eigenvalue weighted by Gasteiger charge is 2.02. The molecule has 0 atom stereocenters. The second kappa shape index (κ2) is 5.56. The van der Waals surface area contributed by atoms with Crippen LogP contribution in [0.2, 0.25) is 0 Å². The van der Waals surface area contributed by atoms with Crippen molar-refractivity contribution in [3.63, 3.8) is 0 Å². The molecule has 2 aromatic rings. The summed E-state index contributed by atoms with van der Waals surface area (Å²) in [5.74, 6) is 2.27. The van der Waals surface area contributed by atoms with Gasteiger partial charge in [-0.15, -0.1) is 0 Å². The Hall–Kier alpha value is -2.30. The number of ether oxygens (including phenoxy) is 1. The van der Waals surface area contributed by atoms with E-state index >= 15 is 0 Å². The first-order valence-electron chi connectivity index (χ1n) is 6.07. The fourth-order valence-corrected chi connectivity index (χ4v) is 1.89. The summed E-state index contributed by atoms with van der Waals surface area (Å²) in [4.78, 5) is 8.57. The van der Waals surface area contributed by atoms with E-state index < -0.39 is 0 Å². The van der Waals surface area contributed by atoms with Gasteiger partial charge in [0.25, 0.3) is 0 Å².